The van der Waals surface area contributed by atoms with E-state index in [9.17, 15) is 0 Å². The second-order valence-electron chi connectivity index (χ2n) is 3.19. The molecule has 1 unspecified atom stereocenters. The molecule has 0 fully saturated rings. The van der Waals surface area contributed by atoms with Crippen LogP contribution in [0.4, 0.5) is 0 Å². The molecule has 65 valence electrons. The lowest BCUT2D eigenvalue weighted by molar-refractivity contribution is 0.609. The van der Waals surface area contributed by atoms with E-state index in [1.54, 1.807) is 0 Å². The van der Waals surface area contributed by atoms with Gasteiger partial charge in [0, 0.05) is 0 Å². The monoisotopic (exact) mass is 153 g/mol. The lowest BCUT2D eigenvalue weighted by Crippen LogP contribution is -1.88. The normalized spacial score (nSPS) is 14.1. The van der Waals surface area contributed by atoms with Gasteiger partial charge in [0.05, 0.1) is 0 Å². The van der Waals surface area contributed by atoms with Gasteiger partial charge in [0.2, 0.25) is 0 Å². The molecule has 0 spiro atoms. The summed E-state index contributed by atoms with van der Waals surface area (Å²) in [7, 11) is 0. The molecule has 1 atom stereocenters. The molecule has 0 heterocycles. The van der Waals surface area contributed by atoms with Crippen LogP contribution < -0.4 is 0 Å². The highest BCUT2D eigenvalue weighted by molar-refractivity contribution is 4.85. The maximum absolute atomic E-state index is 3.83. The summed E-state index contributed by atoms with van der Waals surface area (Å²) >= 11 is 0. The highest BCUT2D eigenvalue weighted by atomic mass is 14.0. The first kappa shape index (κ1) is 10.7. The molecular formula is C11H21. The average Bonchev–Trinajstić information content (AvgIpc) is 2.01. The van der Waals surface area contributed by atoms with E-state index < -0.39 is 0 Å². The molecule has 0 aliphatic heterocycles. The van der Waals surface area contributed by atoms with Gasteiger partial charge in [0.25, 0.3) is 0 Å². The van der Waals surface area contributed by atoms with E-state index in [0.717, 1.165) is 12.3 Å². The Bertz CT molecular complexity index is 92.2. The molecule has 0 saturated carbocycles. The Kier molecular flexibility index (Phi) is 7.66. The Hall–Kier alpha value is -0.260. The smallest absolute Gasteiger partial charge is 0.0262 e. The van der Waals surface area contributed by atoms with Crippen molar-refractivity contribution in [3.05, 3.63) is 19.1 Å². The minimum absolute atomic E-state index is 0.753. The van der Waals surface area contributed by atoms with Crippen LogP contribution in [-0.4, -0.2) is 0 Å². The Morgan fingerprint density at radius 2 is 2.18 bits per heavy atom. The van der Waals surface area contributed by atoms with Gasteiger partial charge in [-0.05, 0) is 18.8 Å². The lowest BCUT2D eigenvalue weighted by atomic mass is 10.0. The van der Waals surface area contributed by atoms with Crippen LogP contribution in [0.2, 0.25) is 0 Å². The fourth-order valence-corrected chi connectivity index (χ4v) is 1.06. The zero-order chi connectivity index (χ0) is 8.53. The van der Waals surface area contributed by atoms with Crippen molar-refractivity contribution in [3.63, 3.8) is 0 Å². The molecule has 0 aromatic rings. The maximum Gasteiger partial charge on any atom is -0.0262 e. The SMILES string of the molecule is [CH2]CCCC(C)/C=C/CCC. The third-order valence-corrected chi connectivity index (χ3v) is 1.83. The van der Waals surface area contributed by atoms with E-state index in [1.165, 1.54) is 25.7 Å². The van der Waals surface area contributed by atoms with E-state index >= 15 is 0 Å². The van der Waals surface area contributed by atoms with Crippen LogP contribution in [-0.2, 0) is 0 Å². The molecule has 0 bridgehead atoms. The molecule has 11 heavy (non-hydrogen) atoms. The molecule has 1 radical (unpaired) electrons. The summed E-state index contributed by atoms with van der Waals surface area (Å²) in [5.74, 6) is 0.753. The molecule has 0 saturated heterocycles. The van der Waals surface area contributed by atoms with Crippen molar-refractivity contribution in [2.24, 2.45) is 5.92 Å². The summed E-state index contributed by atoms with van der Waals surface area (Å²) in [6.45, 7) is 8.32. The highest BCUT2D eigenvalue weighted by Gasteiger charge is 1.93. The zero-order valence-corrected chi connectivity index (χ0v) is 7.97. The van der Waals surface area contributed by atoms with Crippen LogP contribution in [0.1, 0.15) is 46.0 Å². The van der Waals surface area contributed by atoms with Gasteiger partial charge >= 0.3 is 0 Å². The Labute approximate surface area is 71.7 Å². The second-order valence-corrected chi connectivity index (χ2v) is 3.19. The number of hydrogen-bond acceptors (Lipinski definition) is 0. The van der Waals surface area contributed by atoms with Crippen LogP contribution in [0.5, 0.6) is 0 Å². The van der Waals surface area contributed by atoms with Crippen LogP contribution >= 0.6 is 0 Å². The van der Waals surface area contributed by atoms with Crippen molar-refractivity contribution in [1.82, 2.24) is 0 Å². The van der Waals surface area contributed by atoms with Gasteiger partial charge in [-0.3, -0.25) is 0 Å². The first-order valence-corrected chi connectivity index (χ1v) is 4.77. The van der Waals surface area contributed by atoms with Crippen molar-refractivity contribution in [2.45, 2.75) is 46.0 Å². The van der Waals surface area contributed by atoms with E-state index in [2.05, 4.69) is 32.9 Å². The molecule has 0 aromatic carbocycles. The molecule has 0 aliphatic carbocycles. The first-order chi connectivity index (χ1) is 5.31. The van der Waals surface area contributed by atoms with Crippen LogP contribution in [0.15, 0.2) is 12.2 Å². The minimum Gasteiger partial charge on any atom is -0.0883 e. The van der Waals surface area contributed by atoms with Crippen LogP contribution in [0.25, 0.3) is 0 Å². The van der Waals surface area contributed by atoms with Gasteiger partial charge in [-0.25, -0.2) is 0 Å². The fourth-order valence-electron chi connectivity index (χ4n) is 1.06. The summed E-state index contributed by atoms with van der Waals surface area (Å²) in [5.41, 5.74) is 0. The molecule has 0 aliphatic rings. The molecule has 0 nitrogen and oxygen atoms in total. The average molecular weight is 153 g/mol. The van der Waals surface area contributed by atoms with Gasteiger partial charge < -0.3 is 0 Å². The maximum atomic E-state index is 3.83. The van der Waals surface area contributed by atoms with Crippen molar-refractivity contribution in [2.75, 3.05) is 0 Å². The molecule has 0 N–H and O–H groups in total. The molecular weight excluding hydrogens is 132 g/mol. The quantitative estimate of drug-likeness (QED) is 0.506. The minimum atomic E-state index is 0.753. The van der Waals surface area contributed by atoms with Gasteiger partial charge in [-0.1, -0.05) is 52.2 Å². The summed E-state index contributed by atoms with van der Waals surface area (Å²) in [6.07, 6.45) is 10.8. The third-order valence-electron chi connectivity index (χ3n) is 1.83. The summed E-state index contributed by atoms with van der Waals surface area (Å²) in [6, 6.07) is 0. The summed E-state index contributed by atoms with van der Waals surface area (Å²) < 4.78 is 0. The number of hydrogen-bond donors (Lipinski definition) is 0. The molecule has 0 amide bonds. The standard InChI is InChI=1S/C11H21/c1-4-6-8-10-11(3)9-7-5-2/h8,10-11H,2,4-7,9H2,1,3H3/b10-8+. The van der Waals surface area contributed by atoms with Crippen LogP contribution in [0.3, 0.4) is 0 Å². The molecule has 0 aromatic heterocycles. The topological polar surface area (TPSA) is 0 Å². The summed E-state index contributed by atoms with van der Waals surface area (Å²) in [5, 5.41) is 0. The van der Waals surface area contributed by atoms with Gasteiger partial charge in [0.15, 0.2) is 0 Å². The Morgan fingerprint density at radius 1 is 1.45 bits per heavy atom. The first-order valence-electron chi connectivity index (χ1n) is 4.77. The number of unbranched alkanes of at least 4 members (excludes halogenated alkanes) is 2. The van der Waals surface area contributed by atoms with E-state index in [1.807, 2.05) is 0 Å². The lowest BCUT2D eigenvalue weighted by Gasteiger charge is -2.02. The largest absolute Gasteiger partial charge is 0.0883 e. The number of allylic oxidation sites excluding steroid dienone is 2. The summed E-state index contributed by atoms with van der Waals surface area (Å²) in [4.78, 5) is 0. The predicted octanol–water partition coefficient (Wildman–Crippen LogP) is 3.98. The van der Waals surface area contributed by atoms with E-state index in [-0.39, 0.29) is 0 Å². The van der Waals surface area contributed by atoms with Crippen molar-refractivity contribution < 1.29 is 0 Å². The zero-order valence-electron chi connectivity index (χ0n) is 7.97. The van der Waals surface area contributed by atoms with E-state index in [4.69, 9.17) is 0 Å². The predicted molar refractivity (Wildman–Crippen MR) is 52.4 cm³/mol. The van der Waals surface area contributed by atoms with Crippen molar-refractivity contribution in [1.29, 1.82) is 0 Å². The molecule has 0 heteroatoms. The highest BCUT2D eigenvalue weighted by Crippen LogP contribution is 2.09. The van der Waals surface area contributed by atoms with Gasteiger partial charge in [-0.15, -0.1) is 0 Å². The van der Waals surface area contributed by atoms with Crippen molar-refractivity contribution in [3.8, 4) is 0 Å². The third kappa shape index (κ3) is 7.64. The Morgan fingerprint density at radius 3 is 2.73 bits per heavy atom. The molecule has 0 rings (SSSR count). The second kappa shape index (κ2) is 7.84. The van der Waals surface area contributed by atoms with E-state index in [0.29, 0.717) is 0 Å². The van der Waals surface area contributed by atoms with Gasteiger partial charge in [-0.2, -0.15) is 0 Å². The number of rotatable bonds is 6. The van der Waals surface area contributed by atoms with Crippen LogP contribution in [0, 0.1) is 12.8 Å². The Balaban J connectivity index is 3.27. The van der Waals surface area contributed by atoms with Gasteiger partial charge in [0.1, 0.15) is 0 Å². The van der Waals surface area contributed by atoms with Crippen molar-refractivity contribution >= 4 is 0 Å². The fraction of sp³-hybridized carbons (Fsp3) is 0.727.